The van der Waals surface area contributed by atoms with Crippen molar-refractivity contribution in [2.45, 2.75) is 90.0 Å². The molecule has 1 aromatic heterocycles. The molecular weight excluding hydrogens is 526 g/mol. The number of nitrogens with zero attached hydrogens (tertiary/aromatic N) is 3. The quantitative estimate of drug-likeness (QED) is 0.424. The number of fused-ring (bicyclic) bond motifs is 3. The highest BCUT2D eigenvalue weighted by Crippen LogP contribution is 2.32. The molecule has 0 saturated carbocycles. The highest BCUT2D eigenvalue weighted by Gasteiger charge is 2.38. The normalized spacial score (nSPS) is 26.8. The SMILES string of the molecule is CCC1c2nnc(o2)[C@H](Cc2ccccc2)NC(=O)[C@H](C)NC(=O)[C@H](CC(C)C)NC(=O)CNC(=O)[C@@H]2CCCN12. The van der Waals surface area contributed by atoms with Gasteiger partial charge in [0.15, 0.2) is 0 Å². The third kappa shape index (κ3) is 7.69. The molecule has 2 bridgehead atoms. The van der Waals surface area contributed by atoms with Gasteiger partial charge in [-0.1, -0.05) is 51.1 Å². The highest BCUT2D eigenvalue weighted by atomic mass is 16.4. The lowest BCUT2D eigenvalue weighted by molar-refractivity contribution is -0.133. The molecule has 5 atom stereocenters. The maximum atomic E-state index is 13.3. The van der Waals surface area contributed by atoms with Gasteiger partial charge < -0.3 is 25.7 Å². The van der Waals surface area contributed by atoms with Crippen molar-refractivity contribution in [3.63, 3.8) is 0 Å². The van der Waals surface area contributed by atoms with Crippen LogP contribution < -0.4 is 21.3 Å². The molecule has 1 unspecified atom stereocenters. The summed E-state index contributed by atoms with van der Waals surface area (Å²) in [5, 5.41) is 19.8. The van der Waals surface area contributed by atoms with Crippen LogP contribution in [0.2, 0.25) is 0 Å². The minimum absolute atomic E-state index is 0.0997. The number of hydrogen-bond donors (Lipinski definition) is 4. The molecule has 0 radical (unpaired) electrons. The minimum atomic E-state index is -0.901. The third-order valence-corrected chi connectivity index (χ3v) is 7.56. The van der Waals surface area contributed by atoms with Crippen LogP contribution in [0.4, 0.5) is 0 Å². The van der Waals surface area contributed by atoms with Crippen LogP contribution in [0.3, 0.4) is 0 Å². The lowest BCUT2D eigenvalue weighted by Gasteiger charge is -2.29. The lowest BCUT2D eigenvalue weighted by Crippen LogP contribution is -2.55. The van der Waals surface area contributed by atoms with Gasteiger partial charge in [-0.25, -0.2) is 0 Å². The Morgan fingerprint density at radius 3 is 2.39 bits per heavy atom. The summed E-state index contributed by atoms with van der Waals surface area (Å²) >= 11 is 0. The largest absolute Gasteiger partial charge is 0.421 e. The second kappa shape index (κ2) is 13.7. The van der Waals surface area contributed by atoms with Crippen LogP contribution in [-0.2, 0) is 25.6 Å². The van der Waals surface area contributed by atoms with Gasteiger partial charge in [0.25, 0.3) is 0 Å². The molecular formula is C29H41N7O5. The maximum Gasteiger partial charge on any atom is 0.243 e. The second-order valence-corrected chi connectivity index (χ2v) is 11.2. The van der Waals surface area contributed by atoms with Crippen LogP contribution in [-0.4, -0.2) is 69.9 Å². The number of nitrogens with one attached hydrogen (secondary N) is 4. The van der Waals surface area contributed by atoms with Gasteiger partial charge in [0.2, 0.25) is 35.4 Å². The number of rotatable bonds is 5. The first-order valence-electron chi connectivity index (χ1n) is 14.5. The molecule has 222 valence electrons. The molecule has 2 aromatic rings. The maximum absolute atomic E-state index is 13.3. The summed E-state index contributed by atoms with van der Waals surface area (Å²) in [5.41, 5.74) is 0.958. The summed E-state index contributed by atoms with van der Waals surface area (Å²) in [5.74, 6) is -0.916. The number of hydrogen-bond acceptors (Lipinski definition) is 8. The fourth-order valence-electron chi connectivity index (χ4n) is 5.48. The van der Waals surface area contributed by atoms with Gasteiger partial charge >= 0.3 is 0 Å². The predicted molar refractivity (Wildman–Crippen MR) is 150 cm³/mol. The van der Waals surface area contributed by atoms with Gasteiger partial charge in [0.1, 0.15) is 18.1 Å². The van der Waals surface area contributed by atoms with Crippen molar-refractivity contribution in [3.8, 4) is 0 Å². The van der Waals surface area contributed by atoms with Crippen LogP contribution in [0.15, 0.2) is 34.7 Å². The Labute approximate surface area is 240 Å². The molecule has 4 rings (SSSR count). The topological polar surface area (TPSA) is 159 Å². The molecule has 1 saturated heterocycles. The van der Waals surface area contributed by atoms with Gasteiger partial charge in [0, 0.05) is 6.42 Å². The summed E-state index contributed by atoms with van der Waals surface area (Å²) in [6.45, 7) is 7.86. The van der Waals surface area contributed by atoms with Gasteiger partial charge in [-0.05, 0) is 50.6 Å². The molecule has 41 heavy (non-hydrogen) atoms. The summed E-state index contributed by atoms with van der Waals surface area (Å²) < 4.78 is 6.18. The molecule has 4 N–H and O–H groups in total. The first kappa shape index (κ1) is 30.2. The predicted octanol–water partition coefficient (Wildman–Crippen LogP) is 1.55. The van der Waals surface area contributed by atoms with E-state index in [2.05, 4.69) is 31.5 Å². The van der Waals surface area contributed by atoms with Crippen molar-refractivity contribution in [2.75, 3.05) is 13.1 Å². The zero-order chi connectivity index (χ0) is 29.5. The van der Waals surface area contributed by atoms with Crippen molar-refractivity contribution in [2.24, 2.45) is 5.92 Å². The molecule has 1 fully saturated rings. The van der Waals surface area contributed by atoms with Crippen LogP contribution >= 0.6 is 0 Å². The zero-order valence-corrected chi connectivity index (χ0v) is 24.2. The number of carbonyl (C=O) groups excluding carboxylic acids is 4. The molecule has 4 amide bonds. The molecule has 2 aliphatic rings. The van der Waals surface area contributed by atoms with Crippen molar-refractivity contribution in [1.82, 2.24) is 36.4 Å². The Balaban J connectivity index is 1.68. The molecule has 12 heteroatoms. The Morgan fingerprint density at radius 1 is 0.951 bits per heavy atom. The summed E-state index contributed by atoms with van der Waals surface area (Å²) in [4.78, 5) is 54.5. The van der Waals surface area contributed by atoms with E-state index in [1.165, 1.54) is 0 Å². The van der Waals surface area contributed by atoms with Gasteiger partial charge in [-0.2, -0.15) is 0 Å². The van der Waals surface area contributed by atoms with Crippen molar-refractivity contribution in [3.05, 3.63) is 47.7 Å². The Hall–Kier alpha value is -3.80. The third-order valence-electron chi connectivity index (χ3n) is 7.56. The number of amides is 4. The molecule has 1 aromatic carbocycles. The van der Waals surface area contributed by atoms with Crippen molar-refractivity contribution in [1.29, 1.82) is 0 Å². The fourth-order valence-corrected chi connectivity index (χ4v) is 5.48. The number of benzene rings is 1. The van der Waals surface area contributed by atoms with E-state index in [0.29, 0.717) is 38.1 Å². The Kier molecular flexibility index (Phi) is 10.1. The molecule has 0 spiro atoms. The number of aromatic nitrogens is 2. The average molecular weight is 568 g/mol. The van der Waals surface area contributed by atoms with Gasteiger partial charge in [-0.3, -0.25) is 24.1 Å². The minimum Gasteiger partial charge on any atom is -0.421 e. The smallest absolute Gasteiger partial charge is 0.243 e. The van der Waals surface area contributed by atoms with Crippen molar-refractivity contribution >= 4 is 23.6 Å². The van der Waals surface area contributed by atoms with Gasteiger partial charge in [0.05, 0.1) is 18.6 Å². The standard InChI is InChI=1S/C29H41N7O5/c1-5-22-29-35-34-28(41-29)21(15-19-10-7-6-8-11-19)33-25(38)18(4)31-26(39)20(14-17(2)3)32-24(37)16-30-27(40)23-12-9-13-36(22)23/h6-8,10-11,17-18,20-23H,5,9,12-16H2,1-4H3,(H,30,40)(H,31,39)(H,32,37)(H,33,38)/t18-,20-,21-,22?,23-/m0/s1. The fraction of sp³-hybridized carbons (Fsp3) is 0.586. The Morgan fingerprint density at radius 2 is 1.68 bits per heavy atom. The van der Waals surface area contributed by atoms with E-state index < -0.39 is 41.9 Å². The van der Waals surface area contributed by atoms with E-state index >= 15 is 0 Å². The summed E-state index contributed by atoms with van der Waals surface area (Å²) in [6, 6.07) is 6.46. The molecule has 2 aliphatic heterocycles. The average Bonchev–Trinajstić information content (AvgIpc) is 3.62. The zero-order valence-electron chi connectivity index (χ0n) is 24.2. The van der Waals surface area contributed by atoms with Crippen LogP contribution in [0.25, 0.3) is 0 Å². The van der Waals surface area contributed by atoms with Crippen molar-refractivity contribution < 1.29 is 23.6 Å². The lowest BCUT2D eigenvalue weighted by atomic mass is 10.0. The van der Waals surface area contributed by atoms with Gasteiger partial charge in [-0.15, -0.1) is 10.2 Å². The first-order chi connectivity index (χ1) is 19.7. The Bertz CT molecular complexity index is 1220. The van der Waals surface area contributed by atoms with E-state index in [1.54, 1.807) is 6.92 Å². The monoisotopic (exact) mass is 567 g/mol. The molecule has 0 aliphatic carbocycles. The van der Waals surface area contributed by atoms with E-state index in [4.69, 9.17) is 4.42 Å². The molecule has 12 nitrogen and oxygen atoms in total. The van der Waals surface area contributed by atoms with Crippen LogP contribution in [0.5, 0.6) is 0 Å². The van der Waals surface area contributed by atoms with Crippen LogP contribution in [0.1, 0.15) is 82.8 Å². The molecule has 3 heterocycles. The highest BCUT2D eigenvalue weighted by molar-refractivity contribution is 5.93. The van der Waals surface area contributed by atoms with E-state index in [9.17, 15) is 19.2 Å². The number of carbonyl (C=O) groups is 4. The first-order valence-corrected chi connectivity index (χ1v) is 14.5. The summed E-state index contributed by atoms with van der Waals surface area (Å²) in [6.07, 6.45) is 2.83. The van der Waals surface area contributed by atoms with E-state index in [-0.39, 0.29) is 30.3 Å². The van der Waals surface area contributed by atoms with E-state index in [0.717, 1.165) is 12.0 Å². The summed E-state index contributed by atoms with van der Waals surface area (Å²) in [7, 11) is 0. The van der Waals surface area contributed by atoms with E-state index in [1.807, 2.05) is 56.0 Å². The second-order valence-electron chi connectivity index (χ2n) is 11.2. The van der Waals surface area contributed by atoms with Crippen LogP contribution in [0, 0.1) is 5.92 Å².